The minimum absolute atomic E-state index is 0.00125. The van der Waals surface area contributed by atoms with Gasteiger partial charge in [-0.1, -0.05) is 36.3 Å². The molecule has 1 atom stereocenters. The first-order chi connectivity index (χ1) is 17.2. The smallest absolute Gasteiger partial charge is 0.433 e. The highest BCUT2D eigenvalue weighted by molar-refractivity contribution is 6.28. The van der Waals surface area contributed by atoms with Gasteiger partial charge in [-0.3, -0.25) is 9.13 Å². The molecule has 9 nitrogen and oxygen atoms in total. The van der Waals surface area contributed by atoms with Crippen LogP contribution in [0.5, 0.6) is 0 Å². The first-order valence-electron chi connectivity index (χ1n) is 11.1. The van der Waals surface area contributed by atoms with Crippen molar-refractivity contribution in [1.29, 1.82) is 0 Å². The van der Waals surface area contributed by atoms with Crippen molar-refractivity contribution in [3.63, 3.8) is 0 Å². The number of carbonyl (C=O) groups is 1. The van der Waals surface area contributed by atoms with Gasteiger partial charge in [-0.05, 0) is 30.5 Å². The molecule has 1 aromatic carbocycles. The third-order valence-corrected chi connectivity index (χ3v) is 5.80. The summed E-state index contributed by atoms with van der Waals surface area (Å²) in [5, 5.41) is 2.69. The number of nitrogens with zero attached hydrogens (tertiary/aromatic N) is 5. The van der Waals surface area contributed by atoms with Crippen LogP contribution in [-0.4, -0.2) is 57.1 Å². The third kappa shape index (κ3) is 5.32. The van der Waals surface area contributed by atoms with Crippen LogP contribution in [0.3, 0.4) is 0 Å². The molecule has 1 unspecified atom stereocenters. The zero-order valence-electron chi connectivity index (χ0n) is 19.2. The van der Waals surface area contributed by atoms with Crippen molar-refractivity contribution in [1.82, 2.24) is 24.4 Å². The number of halogens is 4. The molecule has 190 valence electrons. The van der Waals surface area contributed by atoms with Crippen molar-refractivity contribution in [3.8, 4) is 11.8 Å². The maximum absolute atomic E-state index is 13.4. The van der Waals surface area contributed by atoms with E-state index in [0.29, 0.717) is 13.0 Å². The van der Waals surface area contributed by atoms with Gasteiger partial charge in [0.15, 0.2) is 17.7 Å². The van der Waals surface area contributed by atoms with E-state index in [1.165, 1.54) is 14.0 Å². The average molecular weight is 523 g/mol. The molecule has 1 N–H and O–H groups in total. The maximum Gasteiger partial charge on any atom is 0.491 e. The molecule has 2 aromatic heterocycles. The van der Waals surface area contributed by atoms with Crippen molar-refractivity contribution >= 4 is 34.6 Å². The number of imidazole rings is 1. The molecule has 1 aliphatic rings. The number of aryl methyl sites for hydroxylation is 2. The number of nitrogens with one attached hydrogen (secondary N) is 1. The standard InChI is InChI=1S/C23H22ClF3N6O3/c1-2-3-11-32-17-18(31-13-10-28-14-16(31)36-20(34)23(25,26)27)29-21(24)30-19(17)33(22(32)35)12-9-15-7-5-4-6-8-15/h4-8,16,28H,9-14H2,1H3. The van der Waals surface area contributed by atoms with Crippen LogP contribution < -0.4 is 15.9 Å². The van der Waals surface area contributed by atoms with Gasteiger partial charge in [0.05, 0.1) is 13.1 Å². The summed E-state index contributed by atoms with van der Waals surface area (Å²) >= 11 is 6.22. The van der Waals surface area contributed by atoms with E-state index < -0.39 is 24.1 Å². The third-order valence-electron chi connectivity index (χ3n) is 5.63. The Morgan fingerprint density at radius 1 is 1.25 bits per heavy atom. The molecule has 1 fully saturated rings. The van der Waals surface area contributed by atoms with Gasteiger partial charge >= 0.3 is 17.8 Å². The van der Waals surface area contributed by atoms with Crippen LogP contribution in [0.2, 0.25) is 5.28 Å². The summed E-state index contributed by atoms with van der Waals surface area (Å²) in [5.41, 5.74) is 1.04. The van der Waals surface area contributed by atoms with E-state index >= 15 is 0 Å². The van der Waals surface area contributed by atoms with Crippen molar-refractivity contribution in [2.75, 3.05) is 24.5 Å². The van der Waals surface area contributed by atoms with Crippen LogP contribution >= 0.6 is 11.6 Å². The molecule has 1 aliphatic heterocycles. The Hall–Kier alpha value is -3.56. The second-order valence-electron chi connectivity index (χ2n) is 7.93. The monoisotopic (exact) mass is 522 g/mol. The Bertz CT molecular complexity index is 1380. The first kappa shape index (κ1) is 25.5. The molecule has 0 spiro atoms. The number of benzene rings is 1. The summed E-state index contributed by atoms with van der Waals surface area (Å²) in [4.78, 5) is 34.9. The van der Waals surface area contributed by atoms with Gasteiger partial charge in [-0.2, -0.15) is 23.1 Å². The quantitative estimate of drug-likeness (QED) is 0.302. The SMILES string of the molecule is CC#CCn1c(=O)n(CCc2ccccc2)c2nc(Cl)nc(N3CCNCC3OC(=O)C(F)(F)F)c21. The fraction of sp³-hybridized carbons (Fsp3) is 0.391. The number of piperazine rings is 1. The van der Waals surface area contributed by atoms with Gasteiger partial charge in [0.25, 0.3) is 0 Å². The molecule has 0 saturated carbocycles. The molecule has 1 saturated heterocycles. The number of rotatable bonds is 6. The highest BCUT2D eigenvalue weighted by atomic mass is 35.5. The van der Waals surface area contributed by atoms with Crippen LogP contribution in [0.15, 0.2) is 35.1 Å². The fourth-order valence-corrected chi connectivity index (χ4v) is 4.14. The Morgan fingerprint density at radius 3 is 2.69 bits per heavy atom. The van der Waals surface area contributed by atoms with Crippen LogP contribution in [0, 0.1) is 11.8 Å². The summed E-state index contributed by atoms with van der Waals surface area (Å²) < 4.78 is 46.3. The molecule has 3 aromatic rings. The van der Waals surface area contributed by atoms with Gasteiger partial charge < -0.3 is 15.0 Å². The summed E-state index contributed by atoms with van der Waals surface area (Å²) in [5.74, 6) is 3.33. The molecule has 0 radical (unpaired) electrons. The minimum Gasteiger partial charge on any atom is -0.433 e. The molecular weight excluding hydrogens is 501 g/mol. The lowest BCUT2D eigenvalue weighted by Crippen LogP contribution is -2.54. The van der Waals surface area contributed by atoms with E-state index in [2.05, 4.69) is 27.1 Å². The predicted octanol–water partition coefficient (Wildman–Crippen LogP) is 2.35. The van der Waals surface area contributed by atoms with Crippen LogP contribution in [0.1, 0.15) is 12.5 Å². The Balaban J connectivity index is 1.82. The van der Waals surface area contributed by atoms with E-state index in [1.807, 2.05) is 30.3 Å². The topological polar surface area (TPSA) is 94.3 Å². The predicted molar refractivity (Wildman–Crippen MR) is 127 cm³/mol. The lowest BCUT2D eigenvalue weighted by molar-refractivity contribution is -0.205. The highest BCUT2D eigenvalue weighted by Crippen LogP contribution is 2.29. The molecule has 13 heteroatoms. The average Bonchev–Trinajstić information content (AvgIpc) is 3.11. The molecular formula is C23H22ClF3N6O3. The number of esters is 1. The van der Waals surface area contributed by atoms with Crippen molar-refractivity contribution in [3.05, 3.63) is 51.7 Å². The molecule has 0 bridgehead atoms. The number of carbonyl (C=O) groups excluding carboxylic acids is 1. The number of anilines is 1. The van der Waals surface area contributed by atoms with Crippen LogP contribution in [-0.2, 0) is 29.0 Å². The van der Waals surface area contributed by atoms with Crippen LogP contribution in [0.4, 0.5) is 19.0 Å². The van der Waals surface area contributed by atoms with Gasteiger partial charge in [0.1, 0.15) is 5.52 Å². The summed E-state index contributed by atoms with van der Waals surface area (Å²) in [6, 6.07) is 9.53. The van der Waals surface area contributed by atoms with Crippen LogP contribution in [0.25, 0.3) is 11.2 Å². The van der Waals surface area contributed by atoms with Crippen molar-refractivity contribution < 1.29 is 22.7 Å². The first-order valence-corrected chi connectivity index (χ1v) is 11.4. The Morgan fingerprint density at radius 2 is 2.00 bits per heavy atom. The zero-order valence-corrected chi connectivity index (χ0v) is 19.9. The minimum atomic E-state index is -5.17. The maximum atomic E-state index is 13.4. The normalized spacial score (nSPS) is 16.0. The van der Waals surface area contributed by atoms with E-state index in [-0.39, 0.29) is 48.4 Å². The Kier molecular flexibility index (Phi) is 7.51. The number of hydrogen-bond donors (Lipinski definition) is 1. The number of hydrogen-bond acceptors (Lipinski definition) is 7. The van der Waals surface area contributed by atoms with Gasteiger partial charge in [-0.25, -0.2) is 9.59 Å². The molecule has 0 aliphatic carbocycles. The van der Waals surface area contributed by atoms with E-state index in [0.717, 1.165) is 5.56 Å². The van der Waals surface area contributed by atoms with E-state index in [9.17, 15) is 22.8 Å². The molecule has 0 amide bonds. The van der Waals surface area contributed by atoms with Gasteiger partial charge in [0.2, 0.25) is 5.28 Å². The second-order valence-corrected chi connectivity index (χ2v) is 8.26. The zero-order chi connectivity index (χ0) is 25.9. The molecule has 36 heavy (non-hydrogen) atoms. The summed E-state index contributed by atoms with van der Waals surface area (Å²) in [6.07, 6.45) is -5.98. The second kappa shape index (κ2) is 10.6. The summed E-state index contributed by atoms with van der Waals surface area (Å²) in [7, 11) is 0. The number of fused-ring (bicyclic) bond motifs is 1. The number of ether oxygens (including phenoxy) is 1. The van der Waals surface area contributed by atoms with E-state index in [4.69, 9.17) is 16.3 Å². The van der Waals surface area contributed by atoms with Crippen molar-refractivity contribution in [2.45, 2.75) is 38.8 Å². The molecule has 4 rings (SSSR count). The summed E-state index contributed by atoms with van der Waals surface area (Å²) in [6.45, 7) is 2.32. The lowest BCUT2D eigenvalue weighted by atomic mass is 10.1. The van der Waals surface area contributed by atoms with E-state index in [1.54, 1.807) is 6.92 Å². The largest absolute Gasteiger partial charge is 0.491 e. The van der Waals surface area contributed by atoms with Gasteiger partial charge in [-0.15, -0.1) is 5.92 Å². The highest BCUT2D eigenvalue weighted by Gasteiger charge is 2.44. The van der Waals surface area contributed by atoms with Crippen molar-refractivity contribution in [2.24, 2.45) is 0 Å². The van der Waals surface area contributed by atoms with Gasteiger partial charge in [0, 0.05) is 19.6 Å². The lowest BCUT2D eigenvalue weighted by Gasteiger charge is -2.36. The number of alkyl halides is 3. The molecule has 3 heterocycles. The Labute approximate surface area is 208 Å². The number of aromatic nitrogens is 4. The fourth-order valence-electron chi connectivity index (χ4n) is 3.98.